The fraction of sp³-hybridized carbons (Fsp3) is 0.562. The van der Waals surface area contributed by atoms with Crippen LogP contribution < -0.4 is 5.32 Å². The number of nitrogens with one attached hydrogen (secondary N) is 1. The van der Waals surface area contributed by atoms with Gasteiger partial charge >= 0.3 is 0 Å². The van der Waals surface area contributed by atoms with Crippen molar-refractivity contribution in [3.63, 3.8) is 0 Å². The zero-order chi connectivity index (χ0) is 14.8. The Morgan fingerprint density at radius 3 is 2.95 bits per heavy atom. The number of aryl methyl sites for hydroxylation is 1. The summed E-state index contributed by atoms with van der Waals surface area (Å²) >= 11 is 0. The van der Waals surface area contributed by atoms with Crippen LogP contribution >= 0.6 is 0 Å². The van der Waals surface area contributed by atoms with E-state index in [2.05, 4.69) is 10.3 Å². The molecule has 112 valence electrons. The molecule has 0 spiro atoms. The third-order valence-electron chi connectivity index (χ3n) is 4.17. The molecule has 2 amide bonds. The quantitative estimate of drug-likeness (QED) is 0.894. The number of likely N-dealkylation sites (tertiary alicyclic amines) is 1. The third-order valence-corrected chi connectivity index (χ3v) is 4.17. The zero-order valence-corrected chi connectivity index (χ0v) is 12.3. The van der Waals surface area contributed by atoms with Crippen molar-refractivity contribution in [1.82, 2.24) is 15.2 Å². The van der Waals surface area contributed by atoms with Crippen LogP contribution in [0.1, 0.15) is 43.0 Å². The van der Waals surface area contributed by atoms with Gasteiger partial charge in [-0.15, -0.1) is 0 Å². The number of carbonyl (C=O) groups excluding carboxylic acids is 2. The monoisotopic (exact) mass is 287 g/mol. The molecule has 0 radical (unpaired) electrons. The minimum absolute atomic E-state index is 0.0184. The van der Waals surface area contributed by atoms with E-state index in [1.54, 1.807) is 11.1 Å². The molecule has 0 aromatic carbocycles. The lowest BCUT2D eigenvalue weighted by atomic mass is 10.1. The van der Waals surface area contributed by atoms with Gasteiger partial charge in [0.15, 0.2) is 0 Å². The molecule has 21 heavy (non-hydrogen) atoms. The van der Waals surface area contributed by atoms with Gasteiger partial charge in [-0.05, 0) is 49.8 Å². The Balaban J connectivity index is 1.65. The molecule has 2 aliphatic rings. The highest BCUT2D eigenvalue weighted by molar-refractivity contribution is 5.86. The second kappa shape index (κ2) is 5.84. The van der Waals surface area contributed by atoms with Gasteiger partial charge in [0.1, 0.15) is 0 Å². The van der Waals surface area contributed by atoms with E-state index < -0.39 is 0 Å². The number of amides is 2. The van der Waals surface area contributed by atoms with Crippen molar-refractivity contribution in [2.75, 3.05) is 13.1 Å². The summed E-state index contributed by atoms with van der Waals surface area (Å²) in [6.45, 7) is 2.90. The average molecular weight is 287 g/mol. The largest absolute Gasteiger partial charge is 0.346 e. The molecule has 1 saturated carbocycles. The van der Waals surface area contributed by atoms with Crippen LogP contribution in [0.3, 0.4) is 0 Å². The molecule has 1 unspecified atom stereocenters. The predicted molar refractivity (Wildman–Crippen MR) is 78.4 cm³/mol. The molecule has 1 aliphatic carbocycles. The molecule has 1 aliphatic heterocycles. The van der Waals surface area contributed by atoms with Crippen LogP contribution in [0.25, 0.3) is 0 Å². The summed E-state index contributed by atoms with van der Waals surface area (Å²) < 4.78 is 0. The number of pyridine rings is 1. The molecule has 1 N–H and O–H groups in total. The highest BCUT2D eigenvalue weighted by atomic mass is 16.2. The summed E-state index contributed by atoms with van der Waals surface area (Å²) in [5.74, 6) is 0.491. The van der Waals surface area contributed by atoms with Crippen molar-refractivity contribution < 1.29 is 9.59 Å². The minimum atomic E-state index is -0.0783. The molecular weight excluding hydrogens is 266 g/mol. The molecule has 2 heterocycles. The number of rotatable bonds is 5. The van der Waals surface area contributed by atoms with Crippen LogP contribution in [-0.4, -0.2) is 34.8 Å². The summed E-state index contributed by atoms with van der Waals surface area (Å²) in [6.07, 6.45) is 5.47. The van der Waals surface area contributed by atoms with E-state index in [9.17, 15) is 9.59 Å². The Morgan fingerprint density at radius 1 is 1.52 bits per heavy atom. The van der Waals surface area contributed by atoms with E-state index in [0.717, 1.165) is 30.5 Å². The van der Waals surface area contributed by atoms with E-state index >= 15 is 0 Å². The molecule has 0 bridgehead atoms. The Bertz CT molecular complexity index is 554. The Labute approximate surface area is 124 Å². The highest BCUT2D eigenvalue weighted by Crippen LogP contribution is 2.40. The van der Waals surface area contributed by atoms with Crippen LogP contribution in [0.15, 0.2) is 18.3 Å². The fourth-order valence-corrected chi connectivity index (χ4v) is 2.86. The lowest BCUT2D eigenvalue weighted by Crippen LogP contribution is -2.40. The first-order chi connectivity index (χ1) is 10.1. The molecule has 3 rings (SSSR count). The van der Waals surface area contributed by atoms with Crippen molar-refractivity contribution in [3.8, 4) is 0 Å². The molecule has 1 aromatic rings. The van der Waals surface area contributed by atoms with Gasteiger partial charge in [-0.25, -0.2) is 0 Å². The fourth-order valence-electron chi connectivity index (χ4n) is 2.86. The SMILES string of the molecule is Cc1ccnc(C(NC(=O)CN2CCCC2=O)C2CC2)c1. The van der Waals surface area contributed by atoms with E-state index in [1.807, 2.05) is 19.1 Å². The second-order valence-corrected chi connectivity index (χ2v) is 6.06. The molecule has 1 saturated heterocycles. The third kappa shape index (κ3) is 3.40. The van der Waals surface area contributed by atoms with Crippen molar-refractivity contribution in [3.05, 3.63) is 29.6 Å². The maximum absolute atomic E-state index is 12.2. The number of hydrogen-bond donors (Lipinski definition) is 1. The summed E-state index contributed by atoms with van der Waals surface area (Å²) in [5.41, 5.74) is 2.08. The van der Waals surface area contributed by atoms with Crippen molar-refractivity contribution in [2.45, 2.75) is 38.6 Å². The Kier molecular flexibility index (Phi) is 3.90. The van der Waals surface area contributed by atoms with Crippen molar-refractivity contribution in [2.24, 2.45) is 5.92 Å². The van der Waals surface area contributed by atoms with Crippen LogP contribution in [0.2, 0.25) is 0 Å². The van der Waals surface area contributed by atoms with Gasteiger partial charge < -0.3 is 10.2 Å². The normalized spacial score (nSPS) is 19.7. The average Bonchev–Trinajstić information content (AvgIpc) is 3.21. The molecular formula is C16H21N3O2. The van der Waals surface area contributed by atoms with Crippen LogP contribution in [0.5, 0.6) is 0 Å². The van der Waals surface area contributed by atoms with Gasteiger partial charge in [-0.2, -0.15) is 0 Å². The Hall–Kier alpha value is -1.91. The van der Waals surface area contributed by atoms with Gasteiger partial charge in [0.2, 0.25) is 11.8 Å². The number of aromatic nitrogens is 1. The molecule has 5 heteroatoms. The lowest BCUT2D eigenvalue weighted by molar-refractivity contribution is -0.133. The predicted octanol–water partition coefficient (Wildman–Crippen LogP) is 1.58. The van der Waals surface area contributed by atoms with E-state index in [4.69, 9.17) is 0 Å². The molecule has 2 fully saturated rings. The summed E-state index contributed by atoms with van der Waals surface area (Å²) in [4.78, 5) is 29.9. The first-order valence-corrected chi connectivity index (χ1v) is 7.63. The van der Waals surface area contributed by atoms with E-state index in [-0.39, 0.29) is 24.4 Å². The Morgan fingerprint density at radius 2 is 2.33 bits per heavy atom. The van der Waals surface area contributed by atoms with Crippen LogP contribution in [0, 0.1) is 12.8 Å². The summed E-state index contributed by atoms with van der Waals surface area (Å²) in [7, 11) is 0. The number of carbonyl (C=O) groups is 2. The number of nitrogens with zero attached hydrogens (tertiary/aromatic N) is 2. The molecule has 1 aromatic heterocycles. The van der Waals surface area contributed by atoms with Crippen molar-refractivity contribution in [1.29, 1.82) is 0 Å². The maximum atomic E-state index is 12.2. The summed E-state index contributed by atoms with van der Waals surface area (Å²) in [6, 6.07) is 3.97. The van der Waals surface area contributed by atoms with Crippen molar-refractivity contribution >= 4 is 11.8 Å². The second-order valence-electron chi connectivity index (χ2n) is 6.06. The van der Waals surface area contributed by atoms with Crippen LogP contribution in [0.4, 0.5) is 0 Å². The molecule has 1 atom stereocenters. The lowest BCUT2D eigenvalue weighted by Gasteiger charge is -2.21. The zero-order valence-electron chi connectivity index (χ0n) is 12.3. The van der Waals surface area contributed by atoms with Gasteiger partial charge in [0.05, 0.1) is 18.3 Å². The van der Waals surface area contributed by atoms with Gasteiger partial charge in [-0.3, -0.25) is 14.6 Å². The van der Waals surface area contributed by atoms with Gasteiger partial charge in [0.25, 0.3) is 0 Å². The smallest absolute Gasteiger partial charge is 0.240 e. The van der Waals surface area contributed by atoms with Gasteiger partial charge in [0, 0.05) is 19.2 Å². The first kappa shape index (κ1) is 14.0. The maximum Gasteiger partial charge on any atom is 0.240 e. The highest BCUT2D eigenvalue weighted by Gasteiger charge is 2.35. The summed E-state index contributed by atoms with van der Waals surface area (Å²) in [5, 5.41) is 3.07. The van der Waals surface area contributed by atoms with Gasteiger partial charge in [-0.1, -0.05) is 0 Å². The van der Waals surface area contributed by atoms with E-state index in [1.165, 1.54) is 0 Å². The van der Waals surface area contributed by atoms with Crippen LogP contribution in [-0.2, 0) is 9.59 Å². The van der Waals surface area contributed by atoms with E-state index in [0.29, 0.717) is 18.9 Å². The first-order valence-electron chi connectivity index (χ1n) is 7.63. The topological polar surface area (TPSA) is 62.3 Å². The molecule has 5 nitrogen and oxygen atoms in total. The standard InChI is InChI=1S/C16H21N3O2/c1-11-6-7-17-13(9-11)16(12-4-5-12)18-14(20)10-19-8-2-3-15(19)21/h6-7,9,12,16H,2-5,8,10H2,1H3,(H,18,20). The number of hydrogen-bond acceptors (Lipinski definition) is 3. The minimum Gasteiger partial charge on any atom is -0.346 e.